The van der Waals surface area contributed by atoms with Crippen molar-refractivity contribution in [1.82, 2.24) is 10.1 Å². The molecule has 116 valence electrons. The van der Waals surface area contributed by atoms with Crippen LogP contribution in [0.3, 0.4) is 0 Å². The Kier molecular flexibility index (Phi) is 3.62. The minimum atomic E-state index is -4.02. The van der Waals surface area contributed by atoms with E-state index in [0.29, 0.717) is 5.39 Å². The summed E-state index contributed by atoms with van der Waals surface area (Å²) in [6, 6.07) is 5.39. The number of H-pyrrole nitrogens is 1. The molecule has 2 N–H and O–H groups in total. The Morgan fingerprint density at radius 1 is 1.36 bits per heavy atom. The standard InChI is InChI=1S/C14H13BrN2O4S/c1-7-13(8(2)21-17-7)22(19,20)14(18)11-6-16-12-4-3-9(15)5-10(11)12/h3-6,14,16,18H,1-2H3. The van der Waals surface area contributed by atoms with Crippen molar-refractivity contribution in [2.45, 2.75) is 24.2 Å². The van der Waals surface area contributed by atoms with E-state index in [-0.39, 0.29) is 21.9 Å². The Morgan fingerprint density at radius 2 is 2.09 bits per heavy atom. The molecule has 6 nitrogen and oxygen atoms in total. The Morgan fingerprint density at radius 3 is 2.73 bits per heavy atom. The molecule has 2 heterocycles. The largest absolute Gasteiger partial charge is 0.373 e. The molecule has 22 heavy (non-hydrogen) atoms. The van der Waals surface area contributed by atoms with E-state index >= 15 is 0 Å². The topological polar surface area (TPSA) is 96.2 Å². The number of nitrogens with zero attached hydrogens (tertiary/aromatic N) is 1. The lowest BCUT2D eigenvalue weighted by molar-refractivity contribution is 0.256. The summed E-state index contributed by atoms with van der Waals surface area (Å²) in [6.07, 6.45) is 1.50. The zero-order valence-electron chi connectivity index (χ0n) is 11.8. The van der Waals surface area contributed by atoms with E-state index < -0.39 is 15.3 Å². The van der Waals surface area contributed by atoms with Crippen molar-refractivity contribution in [1.29, 1.82) is 0 Å². The number of hydrogen-bond donors (Lipinski definition) is 2. The summed E-state index contributed by atoms with van der Waals surface area (Å²) < 4.78 is 31.1. The third-order valence-electron chi connectivity index (χ3n) is 3.49. The number of aryl methyl sites for hydroxylation is 2. The minimum Gasteiger partial charge on any atom is -0.373 e. The summed E-state index contributed by atoms with van der Waals surface area (Å²) in [5.41, 5.74) is -0.438. The minimum absolute atomic E-state index is 0.0654. The number of aliphatic hydroxyl groups excluding tert-OH is 1. The van der Waals surface area contributed by atoms with Crippen LogP contribution in [0.4, 0.5) is 0 Å². The van der Waals surface area contributed by atoms with Gasteiger partial charge in [-0.25, -0.2) is 8.42 Å². The number of halogens is 1. The SMILES string of the molecule is Cc1noc(C)c1S(=O)(=O)C(O)c1c[nH]c2ccc(Br)cc12. The van der Waals surface area contributed by atoms with Crippen LogP contribution in [0.25, 0.3) is 10.9 Å². The van der Waals surface area contributed by atoms with Crippen LogP contribution in [-0.4, -0.2) is 23.7 Å². The van der Waals surface area contributed by atoms with Gasteiger partial charge in [0.05, 0.1) is 5.69 Å². The van der Waals surface area contributed by atoms with E-state index in [1.807, 2.05) is 6.07 Å². The molecule has 1 aromatic carbocycles. The van der Waals surface area contributed by atoms with Crippen LogP contribution in [-0.2, 0) is 9.84 Å². The fourth-order valence-corrected chi connectivity index (χ4v) is 4.48. The molecule has 0 amide bonds. The van der Waals surface area contributed by atoms with E-state index in [1.165, 1.54) is 20.0 Å². The van der Waals surface area contributed by atoms with E-state index in [1.54, 1.807) is 12.1 Å². The van der Waals surface area contributed by atoms with Gasteiger partial charge in [0.15, 0.2) is 11.2 Å². The Bertz CT molecular complexity index is 939. The maximum Gasteiger partial charge on any atom is 0.214 e. The van der Waals surface area contributed by atoms with Crippen LogP contribution in [0.2, 0.25) is 0 Å². The molecule has 0 saturated heterocycles. The molecule has 8 heteroatoms. The first-order valence-corrected chi connectivity index (χ1v) is 8.77. The molecule has 0 radical (unpaired) electrons. The van der Waals surface area contributed by atoms with E-state index in [0.717, 1.165) is 9.99 Å². The van der Waals surface area contributed by atoms with Crippen molar-refractivity contribution in [2.24, 2.45) is 0 Å². The second kappa shape index (κ2) is 5.22. The number of aromatic amines is 1. The molecule has 0 aliphatic heterocycles. The summed E-state index contributed by atoms with van der Waals surface area (Å²) in [6.45, 7) is 3.04. The van der Waals surface area contributed by atoms with Crippen molar-refractivity contribution >= 4 is 36.7 Å². The Balaban J connectivity index is 2.17. The highest BCUT2D eigenvalue weighted by Crippen LogP contribution is 2.35. The highest BCUT2D eigenvalue weighted by molar-refractivity contribution is 9.10. The number of hydrogen-bond acceptors (Lipinski definition) is 5. The Hall–Kier alpha value is -1.64. The van der Waals surface area contributed by atoms with Crippen LogP contribution in [0, 0.1) is 13.8 Å². The summed E-state index contributed by atoms with van der Waals surface area (Å²) in [4.78, 5) is 2.89. The number of rotatable bonds is 3. The number of benzene rings is 1. The predicted molar refractivity (Wildman–Crippen MR) is 84.1 cm³/mol. The van der Waals surface area contributed by atoms with Gasteiger partial charge in [-0.05, 0) is 32.0 Å². The van der Waals surface area contributed by atoms with Gasteiger partial charge in [-0.1, -0.05) is 21.1 Å². The molecule has 2 aromatic heterocycles. The average molecular weight is 385 g/mol. The fraction of sp³-hybridized carbons (Fsp3) is 0.214. The van der Waals surface area contributed by atoms with Gasteiger partial charge in [-0.3, -0.25) is 0 Å². The maximum atomic E-state index is 12.7. The summed E-state index contributed by atoms with van der Waals surface area (Å²) >= 11 is 3.34. The van der Waals surface area contributed by atoms with Gasteiger partial charge in [0.2, 0.25) is 9.84 Å². The lowest BCUT2D eigenvalue weighted by Gasteiger charge is -2.11. The molecule has 3 aromatic rings. The average Bonchev–Trinajstić information content (AvgIpc) is 3.01. The number of aromatic nitrogens is 2. The molecule has 0 aliphatic carbocycles. The van der Waals surface area contributed by atoms with Crippen LogP contribution >= 0.6 is 15.9 Å². The van der Waals surface area contributed by atoms with Gasteiger partial charge in [0.25, 0.3) is 0 Å². The second-order valence-electron chi connectivity index (χ2n) is 4.98. The number of aliphatic hydroxyl groups is 1. The van der Waals surface area contributed by atoms with Gasteiger partial charge in [-0.2, -0.15) is 0 Å². The number of nitrogens with one attached hydrogen (secondary N) is 1. The zero-order chi connectivity index (χ0) is 16.1. The summed E-state index contributed by atoms with van der Waals surface area (Å²) in [5.74, 6) is 0.164. The fourth-order valence-electron chi connectivity index (χ4n) is 2.48. The first-order valence-electron chi connectivity index (χ1n) is 6.43. The molecular formula is C14H13BrN2O4S. The molecule has 0 bridgehead atoms. The van der Waals surface area contributed by atoms with E-state index in [4.69, 9.17) is 4.52 Å². The van der Waals surface area contributed by atoms with Gasteiger partial charge >= 0.3 is 0 Å². The van der Waals surface area contributed by atoms with Crippen LogP contribution < -0.4 is 0 Å². The van der Waals surface area contributed by atoms with Crippen molar-refractivity contribution in [2.75, 3.05) is 0 Å². The second-order valence-corrected chi connectivity index (χ2v) is 7.85. The summed E-state index contributed by atoms with van der Waals surface area (Å²) in [7, 11) is -4.02. The smallest absolute Gasteiger partial charge is 0.214 e. The molecule has 1 unspecified atom stereocenters. The first kappa shape index (κ1) is 15.3. The van der Waals surface area contributed by atoms with Crippen molar-refractivity contribution in [3.8, 4) is 0 Å². The molecule has 0 saturated carbocycles. The number of sulfone groups is 1. The first-order chi connectivity index (χ1) is 10.3. The third-order valence-corrected chi connectivity index (χ3v) is 5.98. The molecule has 0 aliphatic rings. The van der Waals surface area contributed by atoms with Crippen molar-refractivity contribution < 1.29 is 18.0 Å². The lowest BCUT2D eigenvalue weighted by atomic mass is 10.2. The monoisotopic (exact) mass is 384 g/mol. The molecule has 1 atom stereocenters. The highest BCUT2D eigenvalue weighted by atomic mass is 79.9. The van der Waals surface area contributed by atoms with Gasteiger partial charge < -0.3 is 14.6 Å². The van der Waals surface area contributed by atoms with Gasteiger partial charge in [0.1, 0.15) is 4.90 Å². The zero-order valence-corrected chi connectivity index (χ0v) is 14.2. The van der Waals surface area contributed by atoms with Crippen molar-refractivity contribution in [3.05, 3.63) is 45.9 Å². The predicted octanol–water partition coefficient (Wildman–Crippen LogP) is 3.00. The quantitative estimate of drug-likeness (QED) is 0.723. The Labute approximate surface area is 135 Å². The molecule has 3 rings (SSSR count). The van der Waals surface area contributed by atoms with Crippen molar-refractivity contribution in [3.63, 3.8) is 0 Å². The van der Waals surface area contributed by atoms with Crippen LogP contribution in [0.15, 0.2) is 38.3 Å². The van der Waals surface area contributed by atoms with Gasteiger partial charge in [-0.15, -0.1) is 0 Å². The molecule has 0 spiro atoms. The van der Waals surface area contributed by atoms with Crippen LogP contribution in [0.5, 0.6) is 0 Å². The maximum absolute atomic E-state index is 12.7. The van der Waals surface area contributed by atoms with Gasteiger partial charge in [0, 0.05) is 27.1 Å². The van der Waals surface area contributed by atoms with E-state index in [9.17, 15) is 13.5 Å². The third kappa shape index (κ3) is 2.27. The summed E-state index contributed by atoms with van der Waals surface area (Å²) in [5, 5.41) is 14.7. The molecule has 0 fully saturated rings. The molecular weight excluding hydrogens is 372 g/mol. The lowest BCUT2D eigenvalue weighted by Crippen LogP contribution is -2.14. The van der Waals surface area contributed by atoms with Crippen LogP contribution in [0.1, 0.15) is 22.5 Å². The normalized spacial score (nSPS) is 13.6. The highest BCUT2D eigenvalue weighted by Gasteiger charge is 2.34. The van der Waals surface area contributed by atoms with E-state index in [2.05, 4.69) is 26.1 Å². The number of fused-ring (bicyclic) bond motifs is 1.